The van der Waals surface area contributed by atoms with Gasteiger partial charge in [0.25, 0.3) is 0 Å². The molecule has 0 aromatic rings. The molecule has 2 aliphatic rings. The van der Waals surface area contributed by atoms with Crippen molar-refractivity contribution in [3.05, 3.63) is 0 Å². The van der Waals surface area contributed by atoms with Crippen LogP contribution in [-0.4, -0.2) is 61.3 Å². The summed E-state index contributed by atoms with van der Waals surface area (Å²) in [5.41, 5.74) is 0. The van der Waals surface area contributed by atoms with E-state index in [2.05, 4.69) is 28.9 Å². The van der Waals surface area contributed by atoms with Crippen LogP contribution in [-0.2, 0) is 4.74 Å². The summed E-state index contributed by atoms with van der Waals surface area (Å²) in [6.07, 6.45) is 1.23. The van der Waals surface area contributed by atoms with E-state index in [4.69, 9.17) is 4.74 Å². The number of thioether (sulfide) groups is 1. The van der Waals surface area contributed by atoms with Gasteiger partial charge in [0, 0.05) is 43.2 Å². The molecule has 0 aromatic carbocycles. The highest BCUT2D eigenvalue weighted by molar-refractivity contribution is 7.99. The van der Waals surface area contributed by atoms with Crippen LogP contribution in [0.4, 0.5) is 0 Å². The molecule has 0 aliphatic carbocycles. The van der Waals surface area contributed by atoms with E-state index in [-0.39, 0.29) is 0 Å². The fourth-order valence-corrected chi connectivity index (χ4v) is 3.28. The Bertz CT molecular complexity index is 179. The Balaban J connectivity index is 1.72. The summed E-state index contributed by atoms with van der Waals surface area (Å²) in [4.78, 5) is 2.62. The Morgan fingerprint density at radius 2 is 2.27 bits per heavy atom. The molecule has 0 amide bonds. The van der Waals surface area contributed by atoms with Gasteiger partial charge >= 0.3 is 0 Å². The molecule has 2 saturated heterocycles. The average molecular weight is 230 g/mol. The van der Waals surface area contributed by atoms with Gasteiger partial charge in [-0.15, -0.1) is 0 Å². The van der Waals surface area contributed by atoms with Crippen LogP contribution in [0.5, 0.6) is 0 Å². The summed E-state index contributed by atoms with van der Waals surface area (Å²) in [5.74, 6) is 2.61. The van der Waals surface area contributed by atoms with Gasteiger partial charge in [-0.1, -0.05) is 0 Å². The Labute approximate surface area is 96.9 Å². The maximum absolute atomic E-state index is 5.49. The van der Waals surface area contributed by atoms with E-state index in [0.29, 0.717) is 12.1 Å². The number of hydrogen-bond acceptors (Lipinski definition) is 4. The lowest BCUT2D eigenvalue weighted by molar-refractivity contribution is 0.0629. The molecule has 2 rings (SSSR count). The van der Waals surface area contributed by atoms with E-state index >= 15 is 0 Å². The topological polar surface area (TPSA) is 24.5 Å². The second kappa shape index (κ2) is 6.09. The smallest absolute Gasteiger partial charge is 0.0620 e. The lowest BCUT2D eigenvalue weighted by atomic mass is 10.1. The first-order valence-electron chi connectivity index (χ1n) is 5.99. The Kier molecular flexibility index (Phi) is 4.75. The molecular formula is C11H22N2OS. The van der Waals surface area contributed by atoms with Gasteiger partial charge in [-0.25, -0.2) is 0 Å². The standard InChI is InChI=1S/C11H22N2OS/c1-10(13-3-6-15-7-4-13)8-11-9-14-5-2-12-11/h10-12H,2-9H2,1H3. The molecule has 4 heteroatoms. The average Bonchev–Trinajstić information content (AvgIpc) is 2.31. The zero-order valence-electron chi connectivity index (χ0n) is 9.58. The van der Waals surface area contributed by atoms with Crippen LogP contribution < -0.4 is 5.32 Å². The largest absolute Gasteiger partial charge is 0.379 e. The maximum Gasteiger partial charge on any atom is 0.0620 e. The van der Waals surface area contributed by atoms with E-state index in [9.17, 15) is 0 Å². The number of hydrogen-bond donors (Lipinski definition) is 1. The minimum Gasteiger partial charge on any atom is -0.379 e. The van der Waals surface area contributed by atoms with E-state index in [1.54, 1.807) is 0 Å². The fourth-order valence-electron chi connectivity index (χ4n) is 2.35. The second-order valence-electron chi connectivity index (χ2n) is 4.46. The highest BCUT2D eigenvalue weighted by atomic mass is 32.2. The predicted octanol–water partition coefficient (Wildman–Crippen LogP) is 0.802. The molecular weight excluding hydrogens is 208 g/mol. The quantitative estimate of drug-likeness (QED) is 0.775. The number of ether oxygens (including phenoxy) is 1. The first kappa shape index (κ1) is 11.7. The lowest BCUT2D eigenvalue weighted by Crippen LogP contribution is -2.47. The van der Waals surface area contributed by atoms with Gasteiger partial charge < -0.3 is 10.1 Å². The van der Waals surface area contributed by atoms with Gasteiger partial charge in [0.05, 0.1) is 13.2 Å². The lowest BCUT2D eigenvalue weighted by Gasteiger charge is -2.35. The zero-order valence-corrected chi connectivity index (χ0v) is 10.4. The van der Waals surface area contributed by atoms with Crippen LogP contribution in [0, 0.1) is 0 Å². The molecule has 2 atom stereocenters. The van der Waals surface area contributed by atoms with Crippen molar-refractivity contribution in [2.24, 2.45) is 0 Å². The number of morpholine rings is 1. The molecule has 0 radical (unpaired) electrons. The minimum atomic E-state index is 0.573. The third-order valence-corrected chi connectivity index (χ3v) is 4.24. The van der Waals surface area contributed by atoms with Crippen molar-refractivity contribution in [1.29, 1.82) is 0 Å². The summed E-state index contributed by atoms with van der Waals surface area (Å²) in [6.45, 7) is 7.68. The Hall–Kier alpha value is 0.230. The van der Waals surface area contributed by atoms with Gasteiger partial charge in [0.1, 0.15) is 0 Å². The van der Waals surface area contributed by atoms with Gasteiger partial charge in [-0.2, -0.15) is 11.8 Å². The second-order valence-corrected chi connectivity index (χ2v) is 5.68. The molecule has 0 saturated carbocycles. The third kappa shape index (κ3) is 3.63. The van der Waals surface area contributed by atoms with Crippen LogP contribution >= 0.6 is 11.8 Å². The van der Waals surface area contributed by atoms with Gasteiger partial charge in [0.2, 0.25) is 0 Å². The highest BCUT2D eigenvalue weighted by Gasteiger charge is 2.21. The Morgan fingerprint density at radius 3 is 2.93 bits per heavy atom. The van der Waals surface area contributed by atoms with Crippen LogP contribution in [0.1, 0.15) is 13.3 Å². The van der Waals surface area contributed by atoms with Gasteiger partial charge in [-0.05, 0) is 13.3 Å². The van der Waals surface area contributed by atoms with E-state index in [0.717, 1.165) is 19.8 Å². The molecule has 0 spiro atoms. The molecule has 88 valence electrons. The van der Waals surface area contributed by atoms with Crippen molar-refractivity contribution in [1.82, 2.24) is 10.2 Å². The minimum absolute atomic E-state index is 0.573. The van der Waals surface area contributed by atoms with Crippen molar-refractivity contribution in [3.63, 3.8) is 0 Å². The molecule has 0 aromatic heterocycles. The highest BCUT2D eigenvalue weighted by Crippen LogP contribution is 2.15. The van der Waals surface area contributed by atoms with Gasteiger partial charge in [0.15, 0.2) is 0 Å². The molecule has 15 heavy (non-hydrogen) atoms. The van der Waals surface area contributed by atoms with Crippen molar-refractivity contribution in [2.75, 3.05) is 44.4 Å². The van der Waals surface area contributed by atoms with Crippen LogP contribution in [0.2, 0.25) is 0 Å². The van der Waals surface area contributed by atoms with Crippen molar-refractivity contribution in [3.8, 4) is 0 Å². The van der Waals surface area contributed by atoms with Crippen molar-refractivity contribution < 1.29 is 4.74 Å². The maximum atomic E-state index is 5.49. The molecule has 3 nitrogen and oxygen atoms in total. The molecule has 2 unspecified atom stereocenters. The summed E-state index contributed by atoms with van der Waals surface area (Å²) in [5, 5.41) is 3.53. The molecule has 0 bridgehead atoms. The fraction of sp³-hybridized carbons (Fsp3) is 1.00. The Morgan fingerprint density at radius 1 is 1.47 bits per heavy atom. The number of nitrogens with zero attached hydrogens (tertiary/aromatic N) is 1. The van der Waals surface area contributed by atoms with E-state index < -0.39 is 0 Å². The number of rotatable bonds is 3. The van der Waals surface area contributed by atoms with Crippen molar-refractivity contribution in [2.45, 2.75) is 25.4 Å². The first-order valence-corrected chi connectivity index (χ1v) is 7.14. The van der Waals surface area contributed by atoms with E-state index in [1.165, 1.54) is 31.0 Å². The summed E-state index contributed by atoms with van der Waals surface area (Å²) in [6, 6.07) is 1.27. The molecule has 1 N–H and O–H groups in total. The van der Waals surface area contributed by atoms with Gasteiger partial charge in [-0.3, -0.25) is 4.90 Å². The molecule has 2 fully saturated rings. The number of nitrogens with one attached hydrogen (secondary N) is 1. The summed E-state index contributed by atoms with van der Waals surface area (Å²) >= 11 is 2.08. The first-order chi connectivity index (χ1) is 7.36. The third-order valence-electron chi connectivity index (χ3n) is 3.29. The summed E-state index contributed by atoms with van der Waals surface area (Å²) in [7, 11) is 0. The molecule has 2 heterocycles. The summed E-state index contributed by atoms with van der Waals surface area (Å²) < 4.78 is 5.49. The SMILES string of the molecule is CC(CC1COCCN1)N1CCSCC1. The van der Waals surface area contributed by atoms with Crippen molar-refractivity contribution >= 4 is 11.8 Å². The van der Waals surface area contributed by atoms with Crippen LogP contribution in [0.25, 0.3) is 0 Å². The molecule has 2 aliphatic heterocycles. The van der Waals surface area contributed by atoms with Crippen LogP contribution in [0.3, 0.4) is 0 Å². The van der Waals surface area contributed by atoms with E-state index in [1.807, 2.05) is 0 Å². The zero-order chi connectivity index (χ0) is 10.5. The predicted molar refractivity (Wildman–Crippen MR) is 65.6 cm³/mol. The monoisotopic (exact) mass is 230 g/mol. The normalized spacial score (nSPS) is 31.4. The van der Waals surface area contributed by atoms with Crippen LogP contribution in [0.15, 0.2) is 0 Å².